The quantitative estimate of drug-likeness (QED) is 0.0801. The molecule has 0 fully saturated rings. The number of aromatic nitrogens is 6. The first-order valence-corrected chi connectivity index (χ1v) is 20.0. The second-order valence-corrected chi connectivity index (χ2v) is 14.1. The van der Waals surface area contributed by atoms with Crippen LogP contribution in [0.3, 0.4) is 0 Å². The van der Waals surface area contributed by atoms with E-state index in [1.807, 2.05) is 0 Å². The lowest BCUT2D eigenvalue weighted by Gasteiger charge is -2.14. The summed E-state index contributed by atoms with van der Waals surface area (Å²) in [6.45, 7) is 1.36. The summed E-state index contributed by atoms with van der Waals surface area (Å²) in [6, 6.07) is 0. The van der Waals surface area contributed by atoms with Gasteiger partial charge in [0, 0.05) is 39.3 Å². The molecule has 0 N–H and O–H groups in total. The van der Waals surface area contributed by atoms with Crippen molar-refractivity contribution in [3.05, 3.63) is 62.9 Å². The van der Waals surface area contributed by atoms with Gasteiger partial charge >= 0.3 is 34.1 Å². The molecule has 17 heteroatoms. The van der Waals surface area contributed by atoms with Crippen molar-refractivity contribution in [2.75, 3.05) is 31.9 Å². The average molecular weight is 885 g/mol. The molecule has 2 rings (SSSR count). The lowest BCUT2D eigenvalue weighted by atomic mass is 10.3. The maximum Gasteiger partial charge on any atom is 0.336 e. The van der Waals surface area contributed by atoms with E-state index in [1.54, 1.807) is 11.8 Å². The number of nitrogens with zero attached hydrogens (tertiary/aromatic N) is 6. The van der Waals surface area contributed by atoms with Crippen molar-refractivity contribution in [2.45, 2.75) is 90.6 Å². The molecule has 43 heavy (non-hydrogen) atoms. The van der Waals surface area contributed by atoms with Gasteiger partial charge in [0.2, 0.25) is 0 Å². The largest absolute Gasteiger partial charge is 0.336 e. The van der Waals surface area contributed by atoms with Gasteiger partial charge in [-0.1, -0.05) is 45.2 Å². The monoisotopic (exact) mass is 884 g/mol. The highest BCUT2D eigenvalue weighted by molar-refractivity contribution is 14.1. The molecular weight excluding hydrogens is 842 g/mol. The number of hydrogen-bond acceptors (Lipinski definition) is 9. The van der Waals surface area contributed by atoms with Crippen LogP contribution in [0.5, 0.6) is 0 Å². The number of alkyl halides is 2. The molecule has 0 saturated heterocycles. The van der Waals surface area contributed by atoms with Gasteiger partial charge < -0.3 is 0 Å². The summed E-state index contributed by atoms with van der Waals surface area (Å²) in [5.41, 5.74) is -3.45. The van der Waals surface area contributed by atoms with Crippen LogP contribution in [0, 0.1) is 0 Å². The van der Waals surface area contributed by atoms with Crippen molar-refractivity contribution in [1.29, 1.82) is 0 Å². The van der Waals surface area contributed by atoms with E-state index in [0.717, 1.165) is 40.0 Å². The third kappa shape index (κ3) is 11.3. The number of thiol groups is 2. The van der Waals surface area contributed by atoms with E-state index in [9.17, 15) is 28.8 Å². The van der Waals surface area contributed by atoms with Crippen LogP contribution in [0.25, 0.3) is 0 Å². The summed E-state index contributed by atoms with van der Waals surface area (Å²) in [7, 11) is 0. The minimum absolute atomic E-state index is 0.190. The zero-order valence-corrected chi connectivity index (χ0v) is 31.3. The molecule has 0 unspecified atom stereocenters. The second-order valence-electron chi connectivity index (χ2n) is 9.87. The summed E-state index contributed by atoms with van der Waals surface area (Å²) in [6.07, 6.45) is 5.25. The Morgan fingerprint density at radius 2 is 0.674 bits per heavy atom. The predicted octanol–water partition coefficient (Wildman–Crippen LogP) is 1.94. The van der Waals surface area contributed by atoms with Gasteiger partial charge in [-0.2, -0.15) is 37.0 Å². The fourth-order valence-corrected chi connectivity index (χ4v) is 6.68. The van der Waals surface area contributed by atoms with E-state index in [2.05, 4.69) is 70.4 Å². The molecule has 0 spiro atoms. The molecule has 0 aliphatic rings. The Balaban J connectivity index is 2.07. The third-order valence-corrected chi connectivity index (χ3v) is 10.0. The molecule has 0 saturated carbocycles. The Bertz CT molecular complexity index is 1400. The first-order valence-electron chi connectivity index (χ1n) is 14.5. The van der Waals surface area contributed by atoms with Gasteiger partial charge in [-0.25, -0.2) is 56.2 Å². The molecule has 0 aromatic carbocycles. The predicted molar refractivity (Wildman–Crippen MR) is 198 cm³/mol. The number of unbranched alkanes of at least 4 members (excludes halogenated alkanes) is 2. The SMILES string of the molecule is O=c1n(CCCS)c(=O)n(CCCSCCCn2c(=O)n(CCCS)c(=O)n(CCCCI)c2=O)c(=O)n1CCCCI. The number of halogens is 2. The second kappa shape index (κ2) is 21.2. The van der Waals surface area contributed by atoms with Crippen LogP contribution in [0.1, 0.15) is 51.4 Å². The van der Waals surface area contributed by atoms with Crippen LogP contribution in [0.4, 0.5) is 0 Å². The average Bonchev–Trinajstić information content (AvgIpc) is 2.99. The summed E-state index contributed by atoms with van der Waals surface area (Å²) < 4.78 is 8.75. The Labute approximate surface area is 292 Å². The topological polar surface area (TPSA) is 132 Å². The molecule has 0 atom stereocenters. The van der Waals surface area contributed by atoms with Crippen LogP contribution in [-0.2, 0) is 39.3 Å². The van der Waals surface area contributed by atoms with E-state index < -0.39 is 34.1 Å². The molecule has 2 aromatic rings. The van der Waals surface area contributed by atoms with Gasteiger partial charge in [0.05, 0.1) is 0 Å². The van der Waals surface area contributed by atoms with Crippen molar-refractivity contribution < 1.29 is 0 Å². The molecule has 0 radical (unpaired) electrons. The maximum atomic E-state index is 13.0. The molecule has 0 amide bonds. The van der Waals surface area contributed by atoms with Crippen LogP contribution >= 0.6 is 82.2 Å². The van der Waals surface area contributed by atoms with Gasteiger partial charge in [0.25, 0.3) is 0 Å². The molecule has 244 valence electrons. The van der Waals surface area contributed by atoms with Crippen molar-refractivity contribution in [2.24, 2.45) is 0 Å². The standard InChI is InChI=1S/C26H42I2N6O6S3/c27-9-1-3-11-29-21(35)31(13-5-17-41)25(39)33(23(29)37)15-7-19-43-20-8-16-34-24(38)30(12-4-2-10-28)22(36)32(26(34)40)14-6-18-42/h41-42H,1-20H2. The van der Waals surface area contributed by atoms with Crippen molar-refractivity contribution in [3.63, 3.8) is 0 Å². The van der Waals surface area contributed by atoms with Crippen LogP contribution in [0.2, 0.25) is 0 Å². The van der Waals surface area contributed by atoms with Gasteiger partial charge in [-0.05, 0) is 83.2 Å². The van der Waals surface area contributed by atoms with E-state index in [4.69, 9.17) is 0 Å². The minimum atomic E-state index is -0.589. The van der Waals surface area contributed by atoms with Crippen molar-refractivity contribution in [3.8, 4) is 0 Å². The molecule has 2 heterocycles. The number of thioether (sulfide) groups is 1. The van der Waals surface area contributed by atoms with E-state index in [1.165, 1.54) is 9.13 Å². The van der Waals surface area contributed by atoms with Crippen molar-refractivity contribution in [1.82, 2.24) is 27.4 Å². The number of rotatable bonds is 22. The lowest BCUT2D eigenvalue weighted by Crippen LogP contribution is -2.54. The zero-order chi connectivity index (χ0) is 31.8. The first-order chi connectivity index (χ1) is 20.7. The van der Waals surface area contributed by atoms with Gasteiger partial charge in [-0.15, -0.1) is 0 Å². The van der Waals surface area contributed by atoms with Crippen LogP contribution < -0.4 is 34.1 Å². The van der Waals surface area contributed by atoms with E-state index >= 15 is 0 Å². The third-order valence-electron chi connectivity index (χ3n) is 6.72. The normalized spacial score (nSPS) is 11.4. The minimum Gasteiger partial charge on any atom is -0.247 e. The lowest BCUT2D eigenvalue weighted by molar-refractivity contribution is 0.434. The smallest absolute Gasteiger partial charge is 0.247 e. The number of hydrogen-bond donors (Lipinski definition) is 2. The van der Waals surface area contributed by atoms with Gasteiger partial charge in [0.15, 0.2) is 0 Å². The van der Waals surface area contributed by atoms with Gasteiger partial charge in [-0.3, -0.25) is 0 Å². The first kappa shape index (κ1) is 38.5. The fourth-order valence-electron chi connectivity index (χ4n) is 4.45. The fraction of sp³-hybridized carbons (Fsp3) is 0.769. The highest BCUT2D eigenvalue weighted by Crippen LogP contribution is 2.06. The maximum absolute atomic E-state index is 13.0. The molecule has 0 aliphatic carbocycles. The van der Waals surface area contributed by atoms with Crippen LogP contribution in [0.15, 0.2) is 28.8 Å². The molecule has 0 aliphatic heterocycles. The molecule has 12 nitrogen and oxygen atoms in total. The summed E-state index contributed by atoms with van der Waals surface area (Å²) in [4.78, 5) is 77.8. The molecular formula is C26H42I2N6O6S3. The molecule has 0 bridgehead atoms. The molecule has 2 aromatic heterocycles. The Kier molecular flexibility index (Phi) is 19.0. The van der Waals surface area contributed by atoms with E-state index in [-0.39, 0.29) is 39.3 Å². The van der Waals surface area contributed by atoms with Crippen LogP contribution in [-0.4, -0.2) is 59.3 Å². The highest BCUT2D eigenvalue weighted by atomic mass is 127. The Morgan fingerprint density at radius 3 is 0.930 bits per heavy atom. The van der Waals surface area contributed by atoms with Gasteiger partial charge in [0.1, 0.15) is 0 Å². The van der Waals surface area contributed by atoms with Crippen molar-refractivity contribution >= 4 is 82.2 Å². The summed E-state index contributed by atoms with van der Waals surface area (Å²) in [5.74, 6) is 2.33. The zero-order valence-electron chi connectivity index (χ0n) is 24.3. The Morgan fingerprint density at radius 1 is 0.419 bits per heavy atom. The van der Waals surface area contributed by atoms with E-state index in [0.29, 0.717) is 61.5 Å². The Hall–Kier alpha value is -0.670. The summed E-state index contributed by atoms with van der Waals surface area (Å²) in [5, 5.41) is 0. The summed E-state index contributed by atoms with van der Waals surface area (Å²) >= 11 is 14.5. The highest BCUT2D eigenvalue weighted by Gasteiger charge is 2.16.